The monoisotopic (exact) mass is 534 g/mol. The van der Waals surface area contributed by atoms with Gasteiger partial charge in [0.1, 0.15) is 12.6 Å². The minimum atomic E-state index is -3.59. The zero-order valence-corrected chi connectivity index (χ0v) is 22.5. The quantitative estimate of drug-likeness (QED) is 0.339. The Balaban J connectivity index is 1.74. The molecule has 3 aromatic rings. The molecule has 0 aliphatic carbocycles. The summed E-state index contributed by atoms with van der Waals surface area (Å²) in [6.07, 6.45) is 1.53. The second-order valence-corrected chi connectivity index (χ2v) is 11.4. The van der Waals surface area contributed by atoms with Crippen LogP contribution in [0.1, 0.15) is 31.4 Å². The summed E-state index contributed by atoms with van der Waals surface area (Å²) in [6.45, 7) is 3.98. The highest BCUT2D eigenvalue weighted by molar-refractivity contribution is 7.91. The molecule has 2 amide bonds. The molecule has 0 spiro atoms. The number of carbonyl (C=O) groups excluding carboxylic acids is 2. The number of benzene rings is 3. The van der Waals surface area contributed by atoms with Crippen molar-refractivity contribution in [2.75, 3.05) is 5.75 Å². The molecule has 38 heavy (non-hydrogen) atoms. The van der Waals surface area contributed by atoms with Crippen LogP contribution in [-0.4, -0.2) is 32.2 Å². The molecule has 0 heterocycles. The number of carbonyl (C=O) groups is 2. The Morgan fingerprint density at radius 1 is 0.842 bits per heavy atom. The van der Waals surface area contributed by atoms with Gasteiger partial charge in [0.15, 0.2) is 9.84 Å². The van der Waals surface area contributed by atoms with Crippen molar-refractivity contribution in [1.29, 1.82) is 0 Å². The van der Waals surface area contributed by atoms with Gasteiger partial charge >= 0.3 is 6.09 Å². The number of hydrogen-bond acceptors (Lipinski definition) is 5. The standard InChI is InChI=1S/C30H34N2O5S/c1-23(2)20-28(32-30(34)37-22-25-14-8-4-9-15-25)29(33)31-26(21-24-12-6-3-7-13-24)18-19-38(35,36)27-16-10-5-11-17-27/h3-18,23,28H,19-22H2,1-2H3,(H,31,33)(H,32,34)/b26-18+/t28-/m0/s1. The first-order valence-electron chi connectivity index (χ1n) is 12.5. The highest BCUT2D eigenvalue weighted by Gasteiger charge is 2.24. The second kappa shape index (κ2) is 14.1. The lowest BCUT2D eigenvalue weighted by atomic mass is 10.0. The third-order valence-corrected chi connectivity index (χ3v) is 7.30. The topological polar surface area (TPSA) is 102 Å². The number of allylic oxidation sites excluding steroid dienone is 1. The summed E-state index contributed by atoms with van der Waals surface area (Å²) in [6, 6.07) is 26.0. The lowest BCUT2D eigenvalue weighted by Gasteiger charge is -2.21. The van der Waals surface area contributed by atoms with Gasteiger partial charge in [0, 0.05) is 12.1 Å². The van der Waals surface area contributed by atoms with E-state index in [4.69, 9.17) is 4.74 Å². The Labute approximate surface area is 224 Å². The van der Waals surface area contributed by atoms with E-state index in [-0.39, 0.29) is 23.2 Å². The van der Waals surface area contributed by atoms with Crippen LogP contribution >= 0.6 is 0 Å². The molecular formula is C30H34N2O5S. The predicted molar refractivity (Wildman–Crippen MR) is 148 cm³/mol. The Hall–Kier alpha value is -3.91. The molecule has 1 atom stereocenters. The average Bonchev–Trinajstić information content (AvgIpc) is 2.91. The maximum absolute atomic E-state index is 13.3. The van der Waals surface area contributed by atoms with Crippen molar-refractivity contribution < 1.29 is 22.7 Å². The predicted octanol–water partition coefficient (Wildman–Crippen LogP) is 5.04. The average molecular weight is 535 g/mol. The summed E-state index contributed by atoms with van der Waals surface area (Å²) >= 11 is 0. The number of alkyl carbamates (subject to hydrolysis) is 1. The molecule has 0 bridgehead atoms. The number of amides is 2. The molecule has 3 aromatic carbocycles. The van der Waals surface area contributed by atoms with Gasteiger partial charge in [-0.15, -0.1) is 0 Å². The third kappa shape index (κ3) is 9.52. The summed E-state index contributed by atoms with van der Waals surface area (Å²) in [5.41, 5.74) is 2.18. The lowest BCUT2D eigenvalue weighted by Crippen LogP contribution is -2.47. The van der Waals surface area contributed by atoms with E-state index in [1.807, 2.05) is 74.5 Å². The van der Waals surface area contributed by atoms with Gasteiger partial charge in [0.25, 0.3) is 0 Å². The van der Waals surface area contributed by atoms with Crippen molar-refractivity contribution in [3.63, 3.8) is 0 Å². The fourth-order valence-electron chi connectivity index (χ4n) is 3.77. The van der Waals surface area contributed by atoms with Gasteiger partial charge in [0.2, 0.25) is 5.91 Å². The molecule has 7 nitrogen and oxygen atoms in total. The lowest BCUT2D eigenvalue weighted by molar-refractivity contribution is -0.122. The highest BCUT2D eigenvalue weighted by Crippen LogP contribution is 2.14. The maximum Gasteiger partial charge on any atom is 0.408 e. The molecule has 3 rings (SSSR count). The summed E-state index contributed by atoms with van der Waals surface area (Å²) in [4.78, 5) is 26.0. The van der Waals surface area contributed by atoms with Crippen LogP contribution in [0.25, 0.3) is 0 Å². The summed E-state index contributed by atoms with van der Waals surface area (Å²) in [5, 5.41) is 5.53. The summed E-state index contributed by atoms with van der Waals surface area (Å²) in [7, 11) is -3.59. The first-order chi connectivity index (χ1) is 18.2. The molecule has 0 fully saturated rings. The molecule has 200 valence electrons. The smallest absolute Gasteiger partial charge is 0.408 e. The Morgan fingerprint density at radius 2 is 1.39 bits per heavy atom. The number of rotatable bonds is 12. The van der Waals surface area contributed by atoms with E-state index in [9.17, 15) is 18.0 Å². The summed E-state index contributed by atoms with van der Waals surface area (Å²) in [5.74, 6) is -0.601. The Kier molecular flexibility index (Phi) is 10.7. The molecule has 2 N–H and O–H groups in total. The van der Waals surface area contributed by atoms with Crippen molar-refractivity contribution in [2.24, 2.45) is 5.92 Å². The van der Waals surface area contributed by atoms with Gasteiger partial charge < -0.3 is 15.4 Å². The molecule has 0 aliphatic rings. The molecule has 0 aliphatic heterocycles. The van der Waals surface area contributed by atoms with Crippen LogP contribution in [0, 0.1) is 5.92 Å². The molecule has 0 radical (unpaired) electrons. The molecule has 0 aromatic heterocycles. The van der Waals surface area contributed by atoms with Gasteiger partial charge in [0.05, 0.1) is 10.6 Å². The van der Waals surface area contributed by atoms with E-state index in [0.29, 0.717) is 18.5 Å². The fourth-order valence-corrected chi connectivity index (χ4v) is 4.96. The fraction of sp³-hybridized carbons (Fsp3) is 0.267. The number of nitrogens with one attached hydrogen (secondary N) is 2. The SMILES string of the molecule is CC(C)C[C@H](NC(=O)OCc1ccccc1)C(=O)N/C(=C/CS(=O)(=O)c1ccccc1)Cc1ccccc1. The molecule has 0 saturated carbocycles. The largest absolute Gasteiger partial charge is 0.445 e. The van der Waals surface area contributed by atoms with Gasteiger partial charge in [-0.25, -0.2) is 13.2 Å². The van der Waals surface area contributed by atoms with Crippen molar-refractivity contribution in [3.05, 3.63) is 114 Å². The zero-order chi connectivity index (χ0) is 27.4. The van der Waals surface area contributed by atoms with Gasteiger partial charge in [-0.3, -0.25) is 4.79 Å². The first kappa shape index (κ1) is 28.7. The highest BCUT2D eigenvalue weighted by atomic mass is 32.2. The zero-order valence-electron chi connectivity index (χ0n) is 21.7. The summed E-state index contributed by atoms with van der Waals surface area (Å²) < 4.78 is 31.0. The molecule has 8 heteroatoms. The Morgan fingerprint density at radius 3 is 1.97 bits per heavy atom. The van der Waals surface area contributed by atoms with Crippen molar-refractivity contribution in [3.8, 4) is 0 Å². The second-order valence-electron chi connectivity index (χ2n) is 9.36. The van der Waals surface area contributed by atoms with Crippen LogP contribution in [0.4, 0.5) is 4.79 Å². The molecule has 0 saturated heterocycles. The number of ether oxygens (including phenoxy) is 1. The van der Waals surface area contributed by atoms with Gasteiger partial charge in [-0.1, -0.05) is 92.7 Å². The number of sulfone groups is 1. The third-order valence-electron chi connectivity index (χ3n) is 5.70. The minimum Gasteiger partial charge on any atom is -0.445 e. The molecule has 0 unspecified atom stereocenters. The van der Waals surface area contributed by atoms with Crippen molar-refractivity contribution in [1.82, 2.24) is 10.6 Å². The van der Waals surface area contributed by atoms with Crippen molar-refractivity contribution in [2.45, 2.75) is 44.2 Å². The van der Waals surface area contributed by atoms with E-state index in [1.165, 1.54) is 6.08 Å². The van der Waals surface area contributed by atoms with Crippen LogP contribution < -0.4 is 10.6 Å². The van der Waals surface area contributed by atoms with Crippen LogP contribution in [0.3, 0.4) is 0 Å². The van der Waals surface area contributed by atoms with E-state index < -0.39 is 27.9 Å². The van der Waals surface area contributed by atoms with E-state index >= 15 is 0 Å². The van der Waals surface area contributed by atoms with Gasteiger partial charge in [-0.2, -0.15) is 0 Å². The van der Waals surface area contributed by atoms with Crippen LogP contribution in [0.15, 0.2) is 108 Å². The van der Waals surface area contributed by atoms with Crippen LogP contribution in [0.2, 0.25) is 0 Å². The maximum atomic E-state index is 13.3. The normalized spacial score (nSPS) is 12.6. The van der Waals surface area contributed by atoms with Crippen molar-refractivity contribution >= 4 is 21.8 Å². The van der Waals surface area contributed by atoms with Crippen LogP contribution in [-0.2, 0) is 32.4 Å². The molecular weight excluding hydrogens is 500 g/mol. The first-order valence-corrected chi connectivity index (χ1v) is 14.2. The van der Waals surface area contributed by atoms with Crippen LogP contribution in [0.5, 0.6) is 0 Å². The van der Waals surface area contributed by atoms with E-state index in [0.717, 1.165) is 11.1 Å². The minimum absolute atomic E-state index is 0.0825. The van der Waals surface area contributed by atoms with E-state index in [2.05, 4.69) is 10.6 Å². The number of hydrogen-bond donors (Lipinski definition) is 2. The Bertz CT molecular complexity index is 1310. The van der Waals surface area contributed by atoms with Gasteiger partial charge in [-0.05, 0) is 41.7 Å². The van der Waals surface area contributed by atoms with E-state index in [1.54, 1.807) is 30.3 Å².